The van der Waals surface area contributed by atoms with Gasteiger partial charge in [0, 0.05) is 11.6 Å². The fourth-order valence-corrected chi connectivity index (χ4v) is 11.8. The second-order valence-electron chi connectivity index (χ2n) is 18.6. The van der Waals surface area contributed by atoms with Crippen molar-refractivity contribution in [2.75, 3.05) is 0 Å². The lowest BCUT2D eigenvalue weighted by molar-refractivity contribution is 0.0725. The lowest BCUT2D eigenvalue weighted by Crippen LogP contribution is -2.48. The second kappa shape index (κ2) is 14.7. The van der Waals surface area contributed by atoms with E-state index < -0.39 is 22.8 Å². The molecule has 0 radical (unpaired) electrons. The normalized spacial score (nSPS) is 30.4. The van der Waals surface area contributed by atoms with E-state index in [1.807, 2.05) is 5.38 Å². The van der Waals surface area contributed by atoms with Gasteiger partial charge in [-0.25, -0.2) is 9.37 Å². The van der Waals surface area contributed by atoms with Crippen molar-refractivity contribution in [2.45, 2.75) is 181 Å². The van der Waals surface area contributed by atoms with E-state index in [0.717, 1.165) is 38.0 Å². The summed E-state index contributed by atoms with van der Waals surface area (Å²) in [7, 11) is -3.78. The Labute approximate surface area is 288 Å². The summed E-state index contributed by atoms with van der Waals surface area (Å²) in [5.74, 6) is 2.04. The number of hydrogen-bond donors (Lipinski definition) is 0. The Morgan fingerprint density at radius 2 is 1.59 bits per heavy atom. The van der Waals surface area contributed by atoms with Gasteiger partial charge in [0.25, 0.3) is 0 Å². The predicted octanol–water partition coefficient (Wildman–Crippen LogP) is 13.0. The third kappa shape index (κ3) is 8.94. The molecule has 3 fully saturated rings. The summed E-state index contributed by atoms with van der Waals surface area (Å²) in [6.07, 6.45) is 18.5. The number of aromatic nitrogens is 1. The summed E-state index contributed by atoms with van der Waals surface area (Å²) in [4.78, 5) is 4.20. The van der Waals surface area contributed by atoms with Crippen molar-refractivity contribution in [3.05, 3.63) is 39.9 Å². The molecule has 0 saturated heterocycles. The highest BCUT2D eigenvalue weighted by molar-refractivity contribution is 7.09. The van der Waals surface area contributed by atoms with Gasteiger partial charge in [0.2, 0.25) is 0 Å². The van der Waals surface area contributed by atoms with Gasteiger partial charge in [-0.05, 0) is 124 Å². The van der Waals surface area contributed by atoms with E-state index >= 15 is 0 Å². The Balaban J connectivity index is 1.47. The molecule has 1 heterocycles. The maximum atomic E-state index is 14.7. The first-order valence-corrected chi connectivity index (χ1v) is 25.2. The molecule has 0 aliphatic heterocycles. The fourth-order valence-electron chi connectivity index (χ4n) is 8.40. The fraction of sp³-hybridized carbons (Fsp3) is 0.821. The summed E-state index contributed by atoms with van der Waals surface area (Å²) in [5, 5.41) is 2.92. The van der Waals surface area contributed by atoms with Crippen molar-refractivity contribution in [2.24, 2.45) is 23.2 Å². The molecule has 3 aliphatic carbocycles. The standard InChI is InChI=1S/C39H68FNO2SSi2/c1-28(15-13-17-35(40)36-41-23-24-44-36)33-20-21-34-30(16-14-22-39(33,34)8)19-18-29-25-31(42-45(9,10)37(2,3)4)27-32(26-29)43-46(11,12)38(5,6)7/h18-19,23-24,28,31-35H,13-17,20-22,25-27H2,1-12H3/b30-19+/t28-,31-,32-,33-,34+,35?,39-/m1/s1. The van der Waals surface area contributed by atoms with Crippen LogP contribution in [0.4, 0.5) is 4.39 Å². The van der Waals surface area contributed by atoms with Gasteiger partial charge in [-0.1, -0.05) is 85.1 Å². The minimum absolute atomic E-state index is 0.198. The summed E-state index contributed by atoms with van der Waals surface area (Å²) in [6, 6.07) is 0. The second-order valence-corrected chi connectivity index (χ2v) is 29.0. The summed E-state index contributed by atoms with van der Waals surface area (Å²) < 4.78 is 28.8. The number of thiazole rings is 1. The van der Waals surface area contributed by atoms with Crippen molar-refractivity contribution >= 4 is 28.0 Å². The van der Waals surface area contributed by atoms with Crippen LogP contribution in [0.3, 0.4) is 0 Å². The first-order chi connectivity index (χ1) is 21.2. The molecule has 4 rings (SSSR count). The molecular formula is C39H68FNO2SSi2. The molecule has 0 bridgehead atoms. The summed E-state index contributed by atoms with van der Waals surface area (Å²) in [5.41, 5.74) is 3.56. The van der Waals surface area contributed by atoms with Crippen molar-refractivity contribution < 1.29 is 13.2 Å². The Kier molecular flexibility index (Phi) is 12.2. The van der Waals surface area contributed by atoms with Gasteiger partial charge in [-0.15, -0.1) is 11.3 Å². The van der Waals surface area contributed by atoms with Gasteiger partial charge in [0.05, 0.1) is 12.2 Å². The summed E-state index contributed by atoms with van der Waals surface area (Å²) >= 11 is 1.44. The molecule has 0 N–H and O–H groups in total. The van der Waals surface area contributed by atoms with E-state index in [4.69, 9.17) is 8.85 Å². The Bertz CT molecular complexity index is 1160. The SMILES string of the molecule is C[C@H](CCCC(F)c1nccs1)[C@H]1CC[C@H]2/C(=C/C=C3C[C@@H](O[Si](C)(C)C(C)(C)C)C[C@H](O[Si](C)(C)C(C)(C)C)C3)CCC[C@]12C. The third-order valence-electron chi connectivity index (χ3n) is 13.1. The molecule has 0 spiro atoms. The van der Waals surface area contributed by atoms with Crippen molar-refractivity contribution in [3.8, 4) is 0 Å². The average Bonchev–Trinajstić information content (AvgIpc) is 3.58. The molecule has 1 aromatic rings. The van der Waals surface area contributed by atoms with E-state index in [2.05, 4.69) is 98.7 Å². The van der Waals surface area contributed by atoms with Crippen molar-refractivity contribution in [3.63, 3.8) is 0 Å². The van der Waals surface area contributed by atoms with Gasteiger partial charge in [0.1, 0.15) is 5.01 Å². The first-order valence-electron chi connectivity index (χ1n) is 18.5. The highest BCUT2D eigenvalue weighted by Crippen LogP contribution is 2.60. The number of rotatable bonds is 11. The topological polar surface area (TPSA) is 31.4 Å². The third-order valence-corrected chi connectivity index (χ3v) is 23.1. The number of hydrogen-bond acceptors (Lipinski definition) is 4. The van der Waals surface area contributed by atoms with Crippen LogP contribution in [0.25, 0.3) is 0 Å². The smallest absolute Gasteiger partial charge is 0.192 e. The monoisotopic (exact) mass is 689 g/mol. The maximum Gasteiger partial charge on any atom is 0.192 e. The Hall–Kier alpha value is -0.606. The Morgan fingerprint density at radius 1 is 0.978 bits per heavy atom. The molecule has 0 aromatic carbocycles. The van der Waals surface area contributed by atoms with Crippen LogP contribution in [0.15, 0.2) is 34.9 Å². The summed E-state index contributed by atoms with van der Waals surface area (Å²) in [6.45, 7) is 28.7. The molecule has 1 aromatic heterocycles. The van der Waals surface area contributed by atoms with Crippen molar-refractivity contribution in [1.82, 2.24) is 4.98 Å². The van der Waals surface area contributed by atoms with Crippen LogP contribution in [0.2, 0.25) is 36.3 Å². The zero-order chi connectivity index (χ0) is 34.1. The van der Waals surface area contributed by atoms with Gasteiger partial charge in [-0.3, -0.25) is 0 Å². The van der Waals surface area contributed by atoms with Gasteiger partial charge in [-0.2, -0.15) is 0 Å². The first kappa shape index (κ1) is 38.2. The van der Waals surface area contributed by atoms with E-state index in [9.17, 15) is 4.39 Å². The van der Waals surface area contributed by atoms with E-state index in [1.54, 1.807) is 11.8 Å². The van der Waals surface area contributed by atoms with Gasteiger partial charge >= 0.3 is 0 Å². The molecule has 3 nitrogen and oxygen atoms in total. The lowest BCUT2D eigenvalue weighted by Gasteiger charge is -2.45. The van der Waals surface area contributed by atoms with Crippen LogP contribution in [0, 0.1) is 23.2 Å². The zero-order valence-electron chi connectivity index (χ0n) is 31.6. The zero-order valence-corrected chi connectivity index (χ0v) is 34.4. The number of fused-ring (bicyclic) bond motifs is 1. The van der Waals surface area contributed by atoms with E-state index in [-0.39, 0.29) is 22.3 Å². The predicted molar refractivity (Wildman–Crippen MR) is 201 cm³/mol. The molecule has 46 heavy (non-hydrogen) atoms. The minimum atomic E-state index is -1.89. The lowest BCUT2D eigenvalue weighted by atomic mass is 9.60. The Morgan fingerprint density at radius 3 is 2.13 bits per heavy atom. The van der Waals surface area contributed by atoms with Crippen LogP contribution >= 0.6 is 11.3 Å². The number of allylic oxidation sites excluding steroid dienone is 3. The number of alkyl halides is 1. The average molecular weight is 690 g/mol. The molecule has 7 heteroatoms. The van der Waals surface area contributed by atoms with Crippen LogP contribution in [-0.2, 0) is 8.85 Å². The van der Waals surface area contributed by atoms with Gasteiger partial charge in [0.15, 0.2) is 22.8 Å². The molecule has 7 atom stereocenters. The largest absolute Gasteiger partial charge is 0.414 e. The highest BCUT2D eigenvalue weighted by atomic mass is 32.1. The van der Waals surface area contributed by atoms with Crippen molar-refractivity contribution in [1.29, 1.82) is 0 Å². The van der Waals surface area contributed by atoms with Crippen LogP contribution < -0.4 is 0 Å². The number of halogens is 1. The van der Waals surface area contributed by atoms with E-state index in [0.29, 0.717) is 28.7 Å². The van der Waals surface area contributed by atoms with Crippen LogP contribution in [0.5, 0.6) is 0 Å². The molecule has 0 amide bonds. The molecule has 3 saturated carbocycles. The van der Waals surface area contributed by atoms with E-state index in [1.165, 1.54) is 49.0 Å². The highest BCUT2D eigenvalue weighted by Gasteiger charge is 2.50. The van der Waals surface area contributed by atoms with Gasteiger partial charge < -0.3 is 8.85 Å². The molecule has 1 unspecified atom stereocenters. The molecule has 262 valence electrons. The quantitative estimate of drug-likeness (QED) is 0.217. The van der Waals surface area contributed by atoms with Crippen LogP contribution in [-0.4, -0.2) is 33.8 Å². The maximum absolute atomic E-state index is 14.7. The number of nitrogens with zero attached hydrogens (tertiary/aromatic N) is 1. The minimum Gasteiger partial charge on any atom is -0.414 e. The van der Waals surface area contributed by atoms with Crippen LogP contribution in [0.1, 0.15) is 137 Å². The molecular weight excluding hydrogens is 622 g/mol. The molecule has 3 aliphatic rings.